The SMILES string of the molecule is Cc1ccc(CNC(=O)c2ccccc2NC(=O)C(C)CN)cc1. The van der Waals surface area contributed by atoms with Crippen LogP contribution in [0.15, 0.2) is 48.5 Å². The molecule has 0 aliphatic rings. The lowest BCUT2D eigenvalue weighted by molar-refractivity contribution is -0.119. The molecular formula is C19H23N3O2. The van der Waals surface area contributed by atoms with Crippen molar-refractivity contribution >= 4 is 17.5 Å². The number of carbonyl (C=O) groups is 2. The Bertz CT molecular complexity index is 711. The first kappa shape index (κ1) is 17.7. The van der Waals surface area contributed by atoms with Gasteiger partial charge in [-0.1, -0.05) is 48.9 Å². The molecule has 5 heteroatoms. The van der Waals surface area contributed by atoms with Crippen LogP contribution >= 0.6 is 0 Å². The quantitative estimate of drug-likeness (QED) is 0.763. The number of amides is 2. The summed E-state index contributed by atoms with van der Waals surface area (Å²) in [7, 11) is 0. The second-order valence-electron chi connectivity index (χ2n) is 5.84. The van der Waals surface area contributed by atoms with Crippen LogP contribution in [0.3, 0.4) is 0 Å². The second-order valence-corrected chi connectivity index (χ2v) is 5.84. The van der Waals surface area contributed by atoms with Crippen molar-refractivity contribution in [2.24, 2.45) is 11.7 Å². The van der Waals surface area contributed by atoms with E-state index in [0.29, 0.717) is 17.8 Å². The van der Waals surface area contributed by atoms with Crippen LogP contribution in [0.2, 0.25) is 0 Å². The van der Waals surface area contributed by atoms with Gasteiger partial charge in [-0.15, -0.1) is 0 Å². The van der Waals surface area contributed by atoms with E-state index in [9.17, 15) is 9.59 Å². The highest BCUT2D eigenvalue weighted by atomic mass is 16.2. The zero-order chi connectivity index (χ0) is 17.5. The first-order chi connectivity index (χ1) is 11.5. The van der Waals surface area contributed by atoms with Gasteiger partial charge in [0.15, 0.2) is 0 Å². The number of hydrogen-bond acceptors (Lipinski definition) is 3. The number of carbonyl (C=O) groups excluding carboxylic acids is 2. The van der Waals surface area contributed by atoms with Crippen molar-refractivity contribution < 1.29 is 9.59 Å². The van der Waals surface area contributed by atoms with E-state index in [4.69, 9.17) is 5.73 Å². The summed E-state index contributed by atoms with van der Waals surface area (Å²) in [6, 6.07) is 14.9. The van der Waals surface area contributed by atoms with Crippen LogP contribution in [-0.4, -0.2) is 18.4 Å². The van der Waals surface area contributed by atoms with Gasteiger partial charge in [0.25, 0.3) is 5.91 Å². The average molecular weight is 325 g/mol. The number of rotatable bonds is 6. The average Bonchev–Trinajstić information content (AvgIpc) is 2.60. The summed E-state index contributed by atoms with van der Waals surface area (Å²) in [5, 5.41) is 5.64. The van der Waals surface area contributed by atoms with E-state index >= 15 is 0 Å². The molecule has 2 rings (SSSR count). The van der Waals surface area contributed by atoms with E-state index < -0.39 is 0 Å². The zero-order valence-corrected chi connectivity index (χ0v) is 14.0. The number of nitrogens with two attached hydrogens (primary N) is 1. The zero-order valence-electron chi connectivity index (χ0n) is 14.0. The maximum absolute atomic E-state index is 12.4. The molecule has 0 aliphatic heterocycles. The molecule has 0 spiro atoms. The molecule has 1 unspecified atom stereocenters. The Kier molecular flexibility index (Phi) is 6.09. The molecule has 2 amide bonds. The molecular weight excluding hydrogens is 302 g/mol. The molecule has 1 atom stereocenters. The van der Waals surface area contributed by atoms with Crippen LogP contribution in [0.1, 0.15) is 28.4 Å². The lowest BCUT2D eigenvalue weighted by atomic mass is 10.1. The smallest absolute Gasteiger partial charge is 0.253 e. The summed E-state index contributed by atoms with van der Waals surface area (Å²) in [5.74, 6) is -0.739. The van der Waals surface area contributed by atoms with Crippen molar-refractivity contribution in [1.29, 1.82) is 0 Å². The highest BCUT2D eigenvalue weighted by molar-refractivity contribution is 6.04. The standard InChI is InChI=1S/C19H23N3O2/c1-13-7-9-15(10-8-13)12-21-19(24)16-5-3-4-6-17(16)22-18(23)14(2)11-20/h3-10,14H,11-12,20H2,1-2H3,(H,21,24)(H,22,23). The minimum atomic E-state index is -0.311. The van der Waals surface area contributed by atoms with Gasteiger partial charge in [0.1, 0.15) is 0 Å². The molecule has 0 aliphatic carbocycles. The minimum absolute atomic E-state index is 0.198. The minimum Gasteiger partial charge on any atom is -0.348 e. The van der Waals surface area contributed by atoms with Crippen molar-refractivity contribution in [3.05, 3.63) is 65.2 Å². The molecule has 0 fully saturated rings. The van der Waals surface area contributed by atoms with Gasteiger partial charge in [0.2, 0.25) is 5.91 Å². The normalized spacial score (nSPS) is 11.6. The largest absolute Gasteiger partial charge is 0.348 e. The van der Waals surface area contributed by atoms with Crippen LogP contribution < -0.4 is 16.4 Å². The molecule has 0 saturated carbocycles. The Labute approximate surface area is 142 Å². The van der Waals surface area contributed by atoms with Gasteiger partial charge in [0, 0.05) is 19.0 Å². The molecule has 126 valence electrons. The molecule has 0 radical (unpaired) electrons. The summed E-state index contributed by atoms with van der Waals surface area (Å²) < 4.78 is 0. The molecule has 0 saturated heterocycles. The lowest BCUT2D eigenvalue weighted by Gasteiger charge is -2.14. The van der Waals surface area contributed by atoms with Gasteiger partial charge in [-0.2, -0.15) is 0 Å². The van der Waals surface area contributed by atoms with E-state index in [0.717, 1.165) is 5.56 Å². The van der Waals surface area contributed by atoms with E-state index in [-0.39, 0.29) is 24.3 Å². The molecule has 4 N–H and O–H groups in total. The molecule has 5 nitrogen and oxygen atoms in total. The third kappa shape index (κ3) is 4.67. The molecule has 24 heavy (non-hydrogen) atoms. The van der Waals surface area contributed by atoms with Gasteiger partial charge in [0.05, 0.1) is 11.3 Å². The first-order valence-electron chi connectivity index (χ1n) is 7.95. The number of nitrogens with one attached hydrogen (secondary N) is 2. The summed E-state index contributed by atoms with van der Waals surface area (Å²) >= 11 is 0. The Morgan fingerprint density at radius 2 is 1.75 bits per heavy atom. The van der Waals surface area contributed by atoms with Gasteiger partial charge in [-0.05, 0) is 24.6 Å². The Morgan fingerprint density at radius 3 is 2.42 bits per heavy atom. The highest BCUT2D eigenvalue weighted by Crippen LogP contribution is 2.16. The summed E-state index contributed by atoms with van der Waals surface area (Å²) in [5.41, 5.74) is 8.62. The first-order valence-corrected chi connectivity index (χ1v) is 7.95. The van der Waals surface area contributed by atoms with Crippen LogP contribution in [-0.2, 0) is 11.3 Å². The number of benzene rings is 2. The summed E-state index contributed by atoms with van der Waals surface area (Å²) in [6.07, 6.45) is 0. The van der Waals surface area contributed by atoms with Crippen LogP contribution in [0.25, 0.3) is 0 Å². The maximum atomic E-state index is 12.4. The van der Waals surface area contributed by atoms with Gasteiger partial charge < -0.3 is 16.4 Å². The maximum Gasteiger partial charge on any atom is 0.253 e. The lowest BCUT2D eigenvalue weighted by Crippen LogP contribution is -2.29. The fourth-order valence-electron chi connectivity index (χ4n) is 2.14. The fourth-order valence-corrected chi connectivity index (χ4v) is 2.14. The third-order valence-electron chi connectivity index (χ3n) is 3.80. The number of anilines is 1. The van der Waals surface area contributed by atoms with Gasteiger partial charge in [-0.25, -0.2) is 0 Å². The van der Waals surface area contributed by atoms with E-state index in [2.05, 4.69) is 10.6 Å². The topological polar surface area (TPSA) is 84.2 Å². The summed E-state index contributed by atoms with van der Waals surface area (Å²) in [4.78, 5) is 24.4. The van der Waals surface area contributed by atoms with Gasteiger partial charge in [-0.3, -0.25) is 9.59 Å². The third-order valence-corrected chi connectivity index (χ3v) is 3.80. The molecule has 0 bridgehead atoms. The monoisotopic (exact) mass is 325 g/mol. The predicted molar refractivity (Wildman–Crippen MR) is 95.6 cm³/mol. The second kappa shape index (κ2) is 8.26. The fraction of sp³-hybridized carbons (Fsp3) is 0.263. The van der Waals surface area contributed by atoms with Crippen molar-refractivity contribution in [3.63, 3.8) is 0 Å². The Morgan fingerprint density at radius 1 is 1.08 bits per heavy atom. The predicted octanol–water partition coefficient (Wildman–Crippen LogP) is 2.46. The van der Waals surface area contributed by atoms with E-state index in [1.54, 1.807) is 31.2 Å². The molecule has 2 aromatic carbocycles. The number of hydrogen-bond donors (Lipinski definition) is 3. The Hall–Kier alpha value is -2.66. The van der Waals surface area contributed by atoms with Crippen molar-refractivity contribution in [2.45, 2.75) is 20.4 Å². The molecule has 2 aromatic rings. The highest BCUT2D eigenvalue weighted by Gasteiger charge is 2.16. The van der Waals surface area contributed by atoms with Crippen LogP contribution in [0.4, 0.5) is 5.69 Å². The number of para-hydroxylation sites is 1. The summed E-state index contributed by atoms with van der Waals surface area (Å²) in [6.45, 7) is 4.45. The van der Waals surface area contributed by atoms with Crippen LogP contribution in [0.5, 0.6) is 0 Å². The Balaban J connectivity index is 2.06. The molecule has 0 aromatic heterocycles. The number of aryl methyl sites for hydroxylation is 1. The van der Waals surface area contributed by atoms with Crippen molar-refractivity contribution in [1.82, 2.24) is 5.32 Å². The van der Waals surface area contributed by atoms with Crippen LogP contribution in [0, 0.1) is 12.8 Å². The van der Waals surface area contributed by atoms with Gasteiger partial charge >= 0.3 is 0 Å². The van der Waals surface area contributed by atoms with Crippen molar-refractivity contribution in [3.8, 4) is 0 Å². The van der Waals surface area contributed by atoms with Crippen molar-refractivity contribution in [2.75, 3.05) is 11.9 Å². The van der Waals surface area contributed by atoms with E-state index in [1.807, 2.05) is 31.2 Å². The van der Waals surface area contributed by atoms with E-state index in [1.165, 1.54) is 5.56 Å². The molecule has 0 heterocycles.